The zero-order valence-corrected chi connectivity index (χ0v) is 13.9. The van der Waals surface area contributed by atoms with Gasteiger partial charge < -0.3 is 14.2 Å². The lowest BCUT2D eigenvalue weighted by Crippen LogP contribution is -2.17. The Kier molecular flexibility index (Phi) is 6.62. The van der Waals surface area contributed by atoms with Gasteiger partial charge in [0.2, 0.25) is 0 Å². The molecule has 2 rings (SSSR count). The Morgan fingerprint density at radius 2 is 1.83 bits per heavy atom. The Bertz CT molecular complexity index is 631. The van der Waals surface area contributed by atoms with E-state index in [4.69, 9.17) is 14.2 Å². The Balaban J connectivity index is 1.69. The number of thioether (sulfide) groups is 1. The van der Waals surface area contributed by atoms with E-state index in [-0.39, 0.29) is 13.2 Å². The molecule has 2 aromatic carbocycles. The van der Waals surface area contributed by atoms with Crippen LogP contribution < -0.4 is 14.8 Å². The zero-order chi connectivity index (χ0) is 16.5. The van der Waals surface area contributed by atoms with Crippen LogP contribution in [0, 0.1) is 0 Å². The minimum Gasteiger partial charge on any atom is -0.497 e. The molecule has 5 nitrogen and oxygen atoms in total. The molecule has 6 heteroatoms. The van der Waals surface area contributed by atoms with Crippen LogP contribution in [0.2, 0.25) is 0 Å². The lowest BCUT2D eigenvalue weighted by atomic mass is 10.3. The summed E-state index contributed by atoms with van der Waals surface area (Å²) < 4.78 is 15.6. The van der Waals surface area contributed by atoms with E-state index in [9.17, 15) is 4.79 Å². The van der Waals surface area contributed by atoms with Crippen LogP contribution in [0.1, 0.15) is 0 Å². The predicted octanol–water partition coefficient (Wildman–Crippen LogP) is 4.04. The second-order valence-corrected chi connectivity index (χ2v) is 5.40. The van der Waals surface area contributed by atoms with Crippen molar-refractivity contribution in [2.24, 2.45) is 0 Å². The second-order valence-electron chi connectivity index (χ2n) is 4.52. The molecule has 2 aromatic rings. The largest absolute Gasteiger partial charge is 0.497 e. The summed E-state index contributed by atoms with van der Waals surface area (Å²) in [7, 11) is 1.61. The third-order valence-electron chi connectivity index (χ3n) is 2.96. The Morgan fingerprint density at radius 3 is 2.52 bits per heavy atom. The van der Waals surface area contributed by atoms with E-state index in [2.05, 4.69) is 5.32 Å². The Hall–Kier alpha value is -2.34. The first-order chi connectivity index (χ1) is 11.2. The molecule has 0 aliphatic carbocycles. The third-order valence-corrected chi connectivity index (χ3v) is 3.69. The number of carbonyl (C=O) groups is 1. The zero-order valence-electron chi connectivity index (χ0n) is 13.1. The van der Waals surface area contributed by atoms with Crippen molar-refractivity contribution in [1.29, 1.82) is 0 Å². The molecule has 0 radical (unpaired) electrons. The molecule has 0 aliphatic rings. The quantitative estimate of drug-likeness (QED) is 0.612. The number of methoxy groups -OCH3 is 1. The highest BCUT2D eigenvalue weighted by Gasteiger charge is 2.04. The Morgan fingerprint density at radius 1 is 1.09 bits per heavy atom. The molecule has 122 valence electrons. The highest BCUT2D eigenvalue weighted by molar-refractivity contribution is 7.98. The van der Waals surface area contributed by atoms with Crippen LogP contribution in [-0.4, -0.2) is 32.7 Å². The van der Waals surface area contributed by atoms with Gasteiger partial charge in [0, 0.05) is 10.6 Å². The summed E-state index contributed by atoms with van der Waals surface area (Å²) in [6, 6.07) is 14.8. The van der Waals surface area contributed by atoms with E-state index in [1.807, 2.05) is 42.7 Å². The summed E-state index contributed by atoms with van der Waals surface area (Å²) in [5.41, 5.74) is 0.706. The van der Waals surface area contributed by atoms with Gasteiger partial charge in [-0.15, -0.1) is 11.8 Å². The molecule has 0 spiro atoms. The maximum atomic E-state index is 11.7. The molecule has 1 N–H and O–H groups in total. The van der Waals surface area contributed by atoms with Crippen LogP contribution in [0.5, 0.6) is 11.5 Å². The van der Waals surface area contributed by atoms with Crippen LogP contribution in [0.3, 0.4) is 0 Å². The van der Waals surface area contributed by atoms with Gasteiger partial charge in [-0.05, 0) is 48.7 Å². The average molecular weight is 333 g/mol. The summed E-state index contributed by atoms with van der Waals surface area (Å²) in [6.07, 6.45) is 1.48. The molecule has 0 bridgehead atoms. The fourth-order valence-corrected chi connectivity index (χ4v) is 2.28. The number of rotatable bonds is 7. The molecular formula is C17H19NO4S. The highest BCUT2D eigenvalue weighted by Crippen LogP contribution is 2.19. The second kappa shape index (κ2) is 8.95. The van der Waals surface area contributed by atoms with Crippen LogP contribution in [0.15, 0.2) is 53.4 Å². The molecule has 0 heterocycles. The first-order valence-corrected chi connectivity index (χ1v) is 8.28. The van der Waals surface area contributed by atoms with Gasteiger partial charge in [0.25, 0.3) is 0 Å². The molecule has 0 saturated heterocycles. The fraction of sp³-hybridized carbons (Fsp3) is 0.235. The lowest BCUT2D eigenvalue weighted by molar-refractivity contribution is 0.138. The SMILES string of the molecule is COc1ccc(OCCOC(=O)Nc2cccc(SC)c2)cc1. The fourth-order valence-electron chi connectivity index (χ4n) is 1.82. The van der Waals surface area contributed by atoms with Gasteiger partial charge >= 0.3 is 6.09 Å². The summed E-state index contributed by atoms with van der Waals surface area (Å²) in [6.45, 7) is 0.449. The maximum absolute atomic E-state index is 11.7. The topological polar surface area (TPSA) is 56.8 Å². The molecule has 0 aliphatic heterocycles. The number of benzene rings is 2. The van der Waals surface area contributed by atoms with Crippen molar-refractivity contribution < 1.29 is 19.0 Å². The smallest absolute Gasteiger partial charge is 0.411 e. The van der Waals surface area contributed by atoms with Crippen LogP contribution >= 0.6 is 11.8 Å². The van der Waals surface area contributed by atoms with Crippen LogP contribution in [0.4, 0.5) is 10.5 Å². The number of amides is 1. The first kappa shape index (κ1) is 17.0. The standard InChI is InChI=1S/C17H19NO4S/c1-20-14-6-8-15(9-7-14)21-10-11-22-17(19)18-13-4-3-5-16(12-13)23-2/h3-9,12H,10-11H2,1-2H3,(H,18,19). The third kappa shape index (κ3) is 5.75. The van der Waals surface area contributed by atoms with Crippen LogP contribution in [0.25, 0.3) is 0 Å². The first-order valence-electron chi connectivity index (χ1n) is 7.06. The normalized spacial score (nSPS) is 10.0. The predicted molar refractivity (Wildman–Crippen MR) is 91.7 cm³/mol. The number of nitrogens with one attached hydrogen (secondary N) is 1. The van der Waals surface area contributed by atoms with Crippen LogP contribution in [-0.2, 0) is 4.74 Å². The van der Waals surface area contributed by atoms with Gasteiger partial charge in [-0.2, -0.15) is 0 Å². The lowest BCUT2D eigenvalue weighted by Gasteiger charge is -2.09. The molecule has 0 aromatic heterocycles. The summed E-state index contributed by atoms with van der Waals surface area (Å²) in [4.78, 5) is 12.8. The summed E-state index contributed by atoms with van der Waals surface area (Å²) in [5.74, 6) is 1.46. The summed E-state index contributed by atoms with van der Waals surface area (Å²) >= 11 is 1.61. The molecule has 1 amide bonds. The number of hydrogen-bond donors (Lipinski definition) is 1. The molecule has 23 heavy (non-hydrogen) atoms. The van der Waals surface area contributed by atoms with Gasteiger partial charge in [0.05, 0.1) is 7.11 Å². The number of hydrogen-bond acceptors (Lipinski definition) is 5. The van der Waals surface area contributed by atoms with E-state index in [0.717, 1.165) is 10.6 Å². The van der Waals surface area contributed by atoms with Crippen molar-refractivity contribution in [1.82, 2.24) is 0 Å². The molecule has 0 fully saturated rings. The molecular weight excluding hydrogens is 314 g/mol. The Labute approximate surface area is 139 Å². The summed E-state index contributed by atoms with van der Waals surface area (Å²) in [5, 5.41) is 2.68. The van der Waals surface area contributed by atoms with Gasteiger partial charge in [0.1, 0.15) is 24.7 Å². The van der Waals surface area contributed by atoms with Crippen molar-refractivity contribution in [3.05, 3.63) is 48.5 Å². The van der Waals surface area contributed by atoms with Crippen molar-refractivity contribution >= 4 is 23.5 Å². The number of anilines is 1. The van der Waals surface area contributed by atoms with Crippen molar-refractivity contribution in [2.75, 3.05) is 31.9 Å². The van der Waals surface area contributed by atoms with Gasteiger partial charge in [-0.1, -0.05) is 6.07 Å². The van der Waals surface area contributed by atoms with E-state index < -0.39 is 6.09 Å². The maximum Gasteiger partial charge on any atom is 0.411 e. The van der Waals surface area contributed by atoms with E-state index in [1.165, 1.54) is 0 Å². The minimum atomic E-state index is -0.499. The minimum absolute atomic E-state index is 0.167. The average Bonchev–Trinajstić information content (AvgIpc) is 2.59. The van der Waals surface area contributed by atoms with Gasteiger partial charge in [-0.3, -0.25) is 5.32 Å². The van der Waals surface area contributed by atoms with Crippen molar-refractivity contribution in [3.63, 3.8) is 0 Å². The van der Waals surface area contributed by atoms with Crippen molar-refractivity contribution in [3.8, 4) is 11.5 Å². The van der Waals surface area contributed by atoms with Crippen molar-refractivity contribution in [2.45, 2.75) is 4.90 Å². The molecule has 0 unspecified atom stereocenters. The van der Waals surface area contributed by atoms with Gasteiger partial charge in [-0.25, -0.2) is 4.79 Å². The molecule has 0 saturated carbocycles. The number of carbonyl (C=O) groups excluding carboxylic acids is 1. The highest BCUT2D eigenvalue weighted by atomic mass is 32.2. The van der Waals surface area contributed by atoms with E-state index in [0.29, 0.717) is 11.4 Å². The number of ether oxygens (including phenoxy) is 3. The van der Waals surface area contributed by atoms with E-state index in [1.54, 1.807) is 31.0 Å². The van der Waals surface area contributed by atoms with Gasteiger partial charge in [0.15, 0.2) is 0 Å². The molecule has 0 atom stereocenters. The van der Waals surface area contributed by atoms with E-state index >= 15 is 0 Å². The monoisotopic (exact) mass is 333 g/mol.